The maximum atomic E-state index is 5.59. The predicted octanol–water partition coefficient (Wildman–Crippen LogP) is 3.88. The zero-order valence-corrected chi connectivity index (χ0v) is 13.8. The first-order chi connectivity index (χ1) is 10.3. The molecule has 2 bridgehead atoms. The van der Waals surface area contributed by atoms with Gasteiger partial charge >= 0.3 is 0 Å². The van der Waals surface area contributed by atoms with Crippen LogP contribution < -0.4 is 10.6 Å². The van der Waals surface area contributed by atoms with Gasteiger partial charge in [0.1, 0.15) is 0 Å². The lowest BCUT2D eigenvalue weighted by Gasteiger charge is -2.30. The monoisotopic (exact) mass is 318 g/mol. The summed E-state index contributed by atoms with van der Waals surface area (Å²) < 4.78 is 0. The summed E-state index contributed by atoms with van der Waals surface area (Å²) in [7, 11) is 0. The normalized spacial score (nSPS) is 33.5. The highest BCUT2D eigenvalue weighted by atomic mass is 32.2. The quantitative estimate of drug-likeness (QED) is 0.808. The van der Waals surface area contributed by atoms with Crippen LogP contribution in [-0.4, -0.2) is 16.9 Å². The van der Waals surface area contributed by atoms with E-state index in [1.54, 1.807) is 0 Å². The van der Waals surface area contributed by atoms with E-state index in [9.17, 15) is 0 Å². The Morgan fingerprint density at radius 2 is 2.00 bits per heavy atom. The van der Waals surface area contributed by atoms with Crippen LogP contribution in [0.1, 0.15) is 43.7 Å². The summed E-state index contributed by atoms with van der Waals surface area (Å²) >= 11 is 7.55. The molecule has 4 heteroatoms. The average Bonchev–Trinajstić information content (AvgIpc) is 3.10. The first kappa shape index (κ1) is 13.9. The Balaban J connectivity index is 1.39. The van der Waals surface area contributed by atoms with E-state index < -0.39 is 0 Å². The number of thiocarbonyl (C=S) groups is 1. The molecule has 0 aromatic heterocycles. The third-order valence-corrected chi connectivity index (χ3v) is 6.68. The average molecular weight is 319 g/mol. The van der Waals surface area contributed by atoms with Crippen molar-refractivity contribution in [3.8, 4) is 0 Å². The SMILES string of the molecule is S=C(N[C@H]1C[C@H]2CC[C@H]1C2)N[C@@H]1CCSc2ccccc21. The second-order valence-corrected chi connectivity index (χ2v) is 8.17. The summed E-state index contributed by atoms with van der Waals surface area (Å²) in [6, 6.07) is 9.71. The highest BCUT2D eigenvalue weighted by Gasteiger charge is 2.39. The Bertz CT molecular complexity index is 545. The van der Waals surface area contributed by atoms with Crippen molar-refractivity contribution in [1.29, 1.82) is 0 Å². The van der Waals surface area contributed by atoms with Crippen LogP contribution in [-0.2, 0) is 0 Å². The largest absolute Gasteiger partial charge is 0.360 e. The lowest BCUT2D eigenvalue weighted by Crippen LogP contribution is -2.45. The summed E-state index contributed by atoms with van der Waals surface area (Å²) in [5, 5.41) is 8.03. The standard InChI is InChI=1S/C17H22N2S2/c20-17(19-15-10-11-5-6-12(15)9-11)18-14-7-8-21-16-4-2-1-3-13(14)16/h1-4,11-12,14-15H,5-10H2,(H2,18,19,20)/t11-,12-,14+,15-/m0/s1. The third-order valence-electron chi connectivity index (χ3n) is 5.32. The minimum absolute atomic E-state index is 0.376. The first-order valence-electron chi connectivity index (χ1n) is 8.08. The van der Waals surface area contributed by atoms with Crippen molar-refractivity contribution in [1.82, 2.24) is 10.6 Å². The number of hydrogen-bond acceptors (Lipinski definition) is 2. The minimum atomic E-state index is 0.376. The fraction of sp³-hybridized carbons (Fsp3) is 0.588. The van der Waals surface area contributed by atoms with Gasteiger partial charge in [-0.25, -0.2) is 0 Å². The third kappa shape index (κ3) is 2.80. The van der Waals surface area contributed by atoms with Gasteiger partial charge in [-0.2, -0.15) is 0 Å². The van der Waals surface area contributed by atoms with Crippen LogP contribution in [0.15, 0.2) is 29.2 Å². The topological polar surface area (TPSA) is 24.1 Å². The molecule has 1 aromatic carbocycles. The molecule has 4 atom stereocenters. The van der Waals surface area contributed by atoms with Gasteiger partial charge in [0.2, 0.25) is 0 Å². The minimum Gasteiger partial charge on any atom is -0.360 e. The van der Waals surface area contributed by atoms with Crippen molar-refractivity contribution < 1.29 is 0 Å². The van der Waals surface area contributed by atoms with Gasteiger partial charge in [-0.3, -0.25) is 0 Å². The molecule has 0 amide bonds. The van der Waals surface area contributed by atoms with Crippen molar-refractivity contribution in [3.05, 3.63) is 29.8 Å². The number of fused-ring (bicyclic) bond motifs is 3. The summed E-state index contributed by atoms with van der Waals surface area (Å²) in [6.07, 6.45) is 6.73. The summed E-state index contributed by atoms with van der Waals surface area (Å²) in [4.78, 5) is 1.41. The van der Waals surface area contributed by atoms with Crippen LogP contribution in [0.5, 0.6) is 0 Å². The van der Waals surface area contributed by atoms with Crippen LogP contribution in [0.4, 0.5) is 0 Å². The van der Waals surface area contributed by atoms with Crippen LogP contribution in [0, 0.1) is 11.8 Å². The second kappa shape index (κ2) is 5.81. The lowest BCUT2D eigenvalue weighted by molar-refractivity contribution is 0.387. The number of hydrogen-bond donors (Lipinski definition) is 2. The molecule has 112 valence electrons. The van der Waals surface area contributed by atoms with E-state index >= 15 is 0 Å². The Morgan fingerprint density at radius 1 is 1.10 bits per heavy atom. The van der Waals surface area contributed by atoms with Gasteiger partial charge in [0.15, 0.2) is 5.11 Å². The highest BCUT2D eigenvalue weighted by molar-refractivity contribution is 7.99. The molecule has 2 N–H and O–H groups in total. The molecule has 2 aliphatic carbocycles. The van der Waals surface area contributed by atoms with Crippen molar-refractivity contribution in [2.24, 2.45) is 11.8 Å². The van der Waals surface area contributed by atoms with Gasteiger partial charge in [0.25, 0.3) is 0 Å². The van der Waals surface area contributed by atoms with Crippen LogP contribution in [0.2, 0.25) is 0 Å². The lowest BCUT2D eigenvalue weighted by atomic mass is 9.95. The Labute approximate surface area is 136 Å². The van der Waals surface area contributed by atoms with Crippen molar-refractivity contribution in [2.45, 2.75) is 49.1 Å². The van der Waals surface area contributed by atoms with E-state index in [2.05, 4.69) is 34.9 Å². The van der Waals surface area contributed by atoms with Crippen molar-refractivity contribution >= 4 is 29.1 Å². The molecule has 0 unspecified atom stereocenters. The molecule has 4 rings (SSSR count). The number of benzene rings is 1. The summed E-state index contributed by atoms with van der Waals surface area (Å²) in [5.74, 6) is 3.00. The molecule has 3 aliphatic rings. The molecule has 0 saturated heterocycles. The molecule has 0 spiro atoms. The van der Waals surface area contributed by atoms with E-state index in [1.807, 2.05) is 11.8 Å². The van der Waals surface area contributed by atoms with E-state index in [4.69, 9.17) is 12.2 Å². The molecular formula is C17H22N2S2. The maximum Gasteiger partial charge on any atom is 0.167 e. The molecule has 1 heterocycles. The van der Waals surface area contributed by atoms with Crippen LogP contribution in [0.25, 0.3) is 0 Å². The predicted molar refractivity (Wildman–Crippen MR) is 92.6 cm³/mol. The van der Waals surface area contributed by atoms with Gasteiger partial charge in [-0.1, -0.05) is 24.6 Å². The second-order valence-electron chi connectivity index (χ2n) is 6.63. The van der Waals surface area contributed by atoms with E-state index in [0.29, 0.717) is 12.1 Å². The van der Waals surface area contributed by atoms with E-state index in [-0.39, 0.29) is 0 Å². The molecule has 0 radical (unpaired) electrons. The Hall–Kier alpha value is -0.740. The van der Waals surface area contributed by atoms with Gasteiger partial charge in [0.05, 0.1) is 6.04 Å². The number of rotatable bonds is 2. The molecule has 1 aliphatic heterocycles. The van der Waals surface area contributed by atoms with Gasteiger partial charge in [0, 0.05) is 16.7 Å². The van der Waals surface area contributed by atoms with Gasteiger partial charge < -0.3 is 10.6 Å². The summed E-state index contributed by atoms with van der Waals surface area (Å²) in [6.45, 7) is 0. The zero-order chi connectivity index (χ0) is 14.2. The first-order valence-corrected chi connectivity index (χ1v) is 9.48. The fourth-order valence-corrected chi connectivity index (χ4v) is 5.70. The smallest absolute Gasteiger partial charge is 0.167 e. The van der Waals surface area contributed by atoms with Crippen LogP contribution in [0.3, 0.4) is 0 Å². The Kier molecular flexibility index (Phi) is 3.84. The van der Waals surface area contributed by atoms with Crippen molar-refractivity contribution in [2.75, 3.05) is 5.75 Å². The highest BCUT2D eigenvalue weighted by Crippen LogP contribution is 2.44. The van der Waals surface area contributed by atoms with E-state index in [1.165, 1.54) is 41.9 Å². The molecule has 2 fully saturated rings. The number of thioether (sulfide) groups is 1. The molecule has 2 saturated carbocycles. The Morgan fingerprint density at radius 3 is 2.81 bits per heavy atom. The molecule has 1 aromatic rings. The molecular weight excluding hydrogens is 296 g/mol. The summed E-state index contributed by atoms with van der Waals surface area (Å²) in [5.41, 5.74) is 1.41. The fourth-order valence-electron chi connectivity index (χ4n) is 4.28. The van der Waals surface area contributed by atoms with Crippen LogP contribution >= 0.6 is 24.0 Å². The molecule has 2 nitrogen and oxygen atoms in total. The molecule has 21 heavy (non-hydrogen) atoms. The van der Waals surface area contributed by atoms with E-state index in [0.717, 1.165) is 23.4 Å². The van der Waals surface area contributed by atoms with Gasteiger partial charge in [-0.05, 0) is 61.4 Å². The zero-order valence-electron chi connectivity index (χ0n) is 12.2. The van der Waals surface area contributed by atoms with Crippen molar-refractivity contribution in [3.63, 3.8) is 0 Å². The maximum absolute atomic E-state index is 5.59. The number of nitrogens with one attached hydrogen (secondary N) is 2. The van der Waals surface area contributed by atoms with Gasteiger partial charge in [-0.15, -0.1) is 11.8 Å².